The molecule has 0 saturated carbocycles. The van der Waals surface area contributed by atoms with Gasteiger partial charge in [-0.3, -0.25) is 10.3 Å². The standard InChI is InChI=1S/C20H25N5S/c21-20(26)23-22-15-17-7-9-19(10-8-17)25-12-4-11-24(13-14-25)16-18-5-2-1-3-6-18/h1-3,5-10,15H,4,11-14,16H2,(H3,21,23,26). The molecule has 0 spiro atoms. The van der Waals surface area contributed by atoms with Crippen LogP contribution >= 0.6 is 12.2 Å². The number of thiocarbonyl (C=S) groups is 1. The quantitative estimate of drug-likeness (QED) is 0.483. The predicted molar refractivity (Wildman–Crippen MR) is 113 cm³/mol. The Morgan fingerprint density at radius 3 is 2.54 bits per heavy atom. The monoisotopic (exact) mass is 367 g/mol. The summed E-state index contributed by atoms with van der Waals surface area (Å²) in [4.78, 5) is 5.00. The molecule has 1 fully saturated rings. The van der Waals surface area contributed by atoms with Crippen LogP contribution in [0.1, 0.15) is 17.5 Å². The molecule has 1 aliphatic rings. The van der Waals surface area contributed by atoms with E-state index in [4.69, 9.17) is 18.0 Å². The van der Waals surface area contributed by atoms with Crippen LogP contribution in [-0.4, -0.2) is 42.4 Å². The van der Waals surface area contributed by atoms with E-state index in [1.807, 2.05) is 0 Å². The molecule has 2 aromatic rings. The maximum Gasteiger partial charge on any atom is 0.184 e. The Bertz CT molecular complexity index is 730. The second kappa shape index (κ2) is 9.31. The van der Waals surface area contributed by atoms with Crippen LogP contribution in [0.2, 0.25) is 0 Å². The van der Waals surface area contributed by atoms with Gasteiger partial charge in [0.1, 0.15) is 0 Å². The minimum Gasteiger partial charge on any atom is -0.375 e. The minimum atomic E-state index is 0.169. The molecule has 2 aromatic carbocycles. The Balaban J connectivity index is 1.55. The Labute approximate surface area is 160 Å². The third kappa shape index (κ3) is 5.54. The number of anilines is 1. The van der Waals surface area contributed by atoms with Crippen LogP contribution in [-0.2, 0) is 6.54 Å². The van der Waals surface area contributed by atoms with Gasteiger partial charge in [0.05, 0.1) is 6.21 Å². The smallest absolute Gasteiger partial charge is 0.184 e. The molecule has 5 nitrogen and oxygen atoms in total. The zero-order chi connectivity index (χ0) is 18.2. The number of nitrogens with zero attached hydrogens (tertiary/aromatic N) is 3. The van der Waals surface area contributed by atoms with Gasteiger partial charge in [0.2, 0.25) is 0 Å². The largest absolute Gasteiger partial charge is 0.375 e. The van der Waals surface area contributed by atoms with E-state index in [0.29, 0.717) is 0 Å². The van der Waals surface area contributed by atoms with Gasteiger partial charge in [-0.25, -0.2) is 0 Å². The van der Waals surface area contributed by atoms with Gasteiger partial charge in [-0.05, 0) is 41.9 Å². The maximum absolute atomic E-state index is 5.35. The van der Waals surface area contributed by atoms with Crippen molar-refractivity contribution < 1.29 is 0 Å². The van der Waals surface area contributed by atoms with E-state index in [1.54, 1.807) is 6.21 Å². The number of nitrogens with two attached hydrogens (primary N) is 1. The molecule has 0 radical (unpaired) electrons. The Morgan fingerprint density at radius 2 is 1.81 bits per heavy atom. The molecular weight excluding hydrogens is 342 g/mol. The SMILES string of the molecule is NC(=S)NN=Cc1ccc(N2CCCN(Cc3ccccc3)CC2)cc1. The number of nitrogens with one attached hydrogen (secondary N) is 1. The summed E-state index contributed by atoms with van der Waals surface area (Å²) in [7, 11) is 0. The molecule has 136 valence electrons. The summed E-state index contributed by atoms with van der Waals surface area (Å²) in [5.41, 5.74) is 11.6. The van der Waals surface area contributed by atoms with Gasteiger partial charge in [0, 0.05) is 38.4 Å². The molecule has 0 aromatic heterocycles. The van der Waals surface area contributed by atoms with Gasteiger partial charge < -0.3 is 10.6 Å². The highest BCUT2D eigenvalue weighted by Gasteiger charge is 2.15. The van der Waals surface area contributed by atoms with Crippen molar-refractivity contribution >= 4 is 29.2 Å². The second-order valence-corrected chi connectivity index (χ2v) is 6.87. The molecule has 3 rings (SSSR count). The molecule has 26 heavy (non-hydrogen) atoms. The molecule has 1 heterocycles. The van der Waals surface area contributed by atoms with Crippen molar-refractivity contribution in [3.05, 3.63) is 65.7 Å². The van der Waals surface area contributed by atoms with Crippen LogP contribution in [0.4, 0.5) is 5.69 Å². The number of hydrogen-bond donors (Lipinski definition) is 2. The third-order valence-electron chi connectivity index (χ3n) is 4.48. The predicted octanol–water partition coefficient (Wildman–Crippen LogP) is 2.57. The van der Waals surface area contributed by atoms with Crippen molar-refractivity contribution in [2.24, 2.45) is 10.8 Å². The van der Waals surface area contributed by atoms with Crippen molar-refractivity contribution in [1.29, 1.82) is 0 Å². The van der Waals surface area contributed by atoms with Gasteiger partial charge in [0.25, 0.3) is 0 Å². The van der Waals surface area contributed by atoms with E-state index in [9.17, 15) is 0 Å². The van der Waals surface area contributed by atoms with Crippen molar-refractivity contribution in [3.63, 3.8) is 0 Å². The summed E-state index contributed by atoms with van der Waals surface area (Å²) in [6.45, 7) is 5.38. The van der Waals surface area contributed by atoms with Gasteiger partial charge in [-0.15, -0.1) is 0 Å². The van der Waals surface area contributed by atoms with E-state index in [2.05, 4.69) is 74.9 Å². The van der Waals surface area contributed by atoms with E-state index < -0.39 is 0 Å². The number of hydrogen-bond acceptors (Lipinski definition) is 4. The third-order valence-corrected chi connectivity index (χ3v) is 4.58. The van der Waals surface area contributed by atoms with Crippen LogP contribution in [0.3, 0.4) is 0 Å². The Kier molecular flexibility index (Phi) is 6.57. The lowest BCUT2D eigenvalue weighted by molar-refractivity contribution is 0.285. The zero-order valence-corrected chi connectivity index (χ0v) is 15.7. The second-order valence-electron chi connectivity index (χ2n) is 6.43. The fraction of sp³-hybridized carbons (Fsp3) is 0.300. The molecule has 0 atom stereocenters. The van der Waals surface area contributed by atoms with E-state index in [-0.39, 0.29) is 5.11 Å². The highest BCUT2D eigenvalue weighted by molar-refractivity contribution is 7.80. The first-order valence-corrected chi connectivity index (χ1v) is 9.31. The van der Waals surface area contributed by atoms with Crippen LogP contribution in [0, 0.1) is 0 Å². The summed E-state index contributed by atoms with van der Waals surface area (Å²) in [5.74, 6) is 0. The summed E-state index contributed by atoms with van der Waals surface area (Å²) >= 11 is 4.72. The molecular formula is C20H25N5S. The molecule has 0 bridgehead atoms. The molecule has 0 unspecified atom stereocenters. The lowest BCUT2D eigenvalue weighted by atomic mass is 10.2. The van der Waals surface area contributed by atoms with Crippen molar-refractivity contribution in [2.45, 2.75) is 13.0 Å². The highest BCUT2D eigenvalue weighted by atomic mass is 32.1. The van der Waals surface area contributed by atoms with Crippen LogP contribution in [0.25, 0.3) is 0 Å². The number of hydrazone groups is 1. The normalized spacial score (nSPS) is 15.8. The van der Waals surface area contributed by atoms with E-state index >= 15 is 0 Å². The molecule has 1 aliphatic heterocycles. The van der Waals surface area contributed by atoms with Crippen molar-refractivity contribution in [1.82, 2.24) is 10.3 Å². The summed E-state index contributed by atoms with van der Waals surface area (Å²) in [5, 5.41) is 4.16. The van der Waals surface area contributed by atoms with Crippen molar-refractivity contribution in [2.75, 3.05) is 31.1 Å². The first-order valence-electron chi connectivity index (χ1n) is 8.90. The summed E-state index contributed by atoms with van der Waals surface area (Å²) in [6, 6.07) is 19.1. The fourth-order valence-corrected chi connectivity index (χ4v) is 3.22. The lowest BCUT2D eigenvalue weighted by Crippen LogP contribution is -2.30. The van der Waals surface area contributed by atoms with E-state index in [1.165, 1.54) is 17.7 Å². The van der Waals surface area contributed by atoms with Gasteiger partial charge in [-0.2, -0.15) is 5.10 Å². The topological polar surface area (TPSA) is 56.9 Å². The zero-order valence-electron chi connectivity index (χ0n) is 14.8. The molecule has 0 aliphatic carbocycles. The molecule has 6 heteroatoms. The summed E-state index contributed by atoms with van der Waals surface area (Å²) in [6.07, 6.45) is 2.89. The van der Waals surface area contributed by atoms with Crippen LogP contribution in [0.15, 0.2) is 59.7 Å². The number of rotatable bonds is 5. The summed E-state index contributed by atoms with van der Waals surface area (Å²) < 4.78 is 0. The Hall–Kier alpha value is -2.44. The molecule has 0 amide bonds. The average Bonchev–Trinajstić information content (AvgIpc) is 2.89. The Morgan fingerprint density at radius 1 is 1.04 bits per heavy atom. The first kappa shape index (κ1) is 18.4. The van der Waals surface area contributed by atoms with Crippen molar-refractivity contribution in [3.8, 4) is 0 Å². The molecule has 3 N–H and O–H groups in total. The van der Waals surface area contributed by atoms with Gasteiger partial charge in [0.15, 0.2) is 5.11 Å². The average molecular weight is 368 g/mol. The lowest BCUT2D eigenvalue weighted by Gasteiger charge is -2.24. The first-order chi connectivity index (χ1) is 12.7. The van der Waals surface area contributed by atoms with Gasteiger partial charge >= 0.3 is 0 Å². The number of benzene rings is 2. The van der Waals surface area contributed by atoms with Crippen LogP contribution in [0.5, 0.6) is 0 Å². The maximum atomic E-state index is 5.35. The van der Waals surface area contributed by atoms with E-state index in [0.717, 1.165) is 38.3 Å². The fourth-order valence-electron chi connectivity index (χ4n) is 3.17. The molecule has 1 saturated heterocycles. The minimum absolute atomic E-state index is 0.169. The van der Waals surface area contributed by atoms with Crippen LogP contribution < -0.4 is 16.1 Å². The van der Waals surface area contributed by atoms with Gasteiger partial charge in [-0.1, -0.05) is 42.5 Å². The highest BCUT2D eigenvalue weighted by Crippen LogP contribution is 2.18.